The fraction of sp³-hybridized carbons (Fsp3) is 1.00. The SMILES string of the molecule is CCCCN(C(C)CC)C(CO)C(N)C1CC1. The number of rotatable bonds is 9. The van der Waals surface area contributed by atoms with Crippen LogP contribution in [0.2, 0.25) is 0 Å². The van der Waals surface area contributed by atoms with Gasteiger partial charge in [-0.15, -0.1) is 0 Å². The zero-order valence-electron chi connectivity index (χ0n) is 11.7. The molecule has 1 aliphatic rings. The first kappa shape index (κ1) is 14.9. The number of nitrogens with two attached hydrogens (primary N) is 1. The Labute approximate surface area is 106 Å². The number of hydrogen-bond acceptors (Lipinski definition) is 3. The van der Waals surface area contributed by atoms with Crippen molar-refractivity contribution >= 4 is 0 Å². The van der Waals surface area contributed by atoms with Gasteiger partial charge in [0, 0.05) is 18.1 Å². The maximum absolute atomic E-state index is 9.67. The first-order valence-corrected chi connectivity index (χ1v) is 7.27. The first-order valence-electron chi connectivity index (χ1n) is 7.27. The molecule has 0 aliphatic heterocycles. The summed E-state index contributed by atoms with van der Waals surface area (Å²) in [5, 5.41) is 9.67. The third kappa shape index (κ3) is 4.23. The van der Waals surface area contributed by atoms with Gasteiger partial charge in [-0.3, -0.25) is 4.90 Å². The molecular formula is C14H30N2O. The fourth-order valence-corrected chi connectivity index (χ4v) is 2.53. The van der Waals surface area contributed by atoms with E-state index in [1.165, 1.54) is 25.7 Å². The Balaban J connectivity index is 2.62. The molecule has 0 heterocycles. The molecule has 1 rings (SSSR count). The molecule has 3 heteroatoms. The first-order chi connectivity index (χ1) is 8.15. The molecule has 0 aromatic heterocycles. The number of nitrogens with zero attached hydrogens (tertiary/aromatic N) is 1. The molecule has 1 aliphatic carbocycles. The summed E-state index contributed by atoms with van der Waals surface area (Å²) >= 11 is 0. The highest BCUT2D eigenvalue weighted by molar-refractivity contribution is 4.94. The minimum absolute atomic E-state index is 0.156. The lowest BCUT2D eigenvalue weighted by atomic mass is 10.0. The molecule has 3 N–H and O–H groups in total. The summed E-state index contributed by atoms with van der Waals surface area (Å²) in [4.78, 5) is 2.44. The Morgan fingerprint density at radius 1 is 1.35 bits per heavy atom. The largest absolute Gasteiger partial charge is 0.395 e. The Morgan fingerprint density at radius 3 is 2.41 bits per heavy atom. The van der Waals surface area contributed by atoms with Crippen molar-refractivity contribution in [3.63, 3.8) is 0 Å². The Morgan fingerprint density at radius 2 is 2.00 bits per heavy atom. The fourth-order valence-electron chi connectivity index (χ4n) is 2.53. The van der Waals surface area contributed by atoms with Crippen molar-refractivity contribution in [2.45, 2.75) is 71.0 Å². The molecule has 102 valence electrons. The van der Waals surface area contributed by atoms with Crippen LogP contribution in [0.25, 0.3) is 0 Å². The third-order valence-electron chi connectivity index (χ3n) is 4.15. The molecule has 1 fully saturated rings. The third-order valence-corrected chi connectivity index (χ3v) is 4.15. The van der Waals surface area contributed by atoms with Gasteiger partial charge in [0.1, 0.15) is 0 Å². The van der Waals surface area contributed by atoms with Crippen LogP contribution in [0.15, 0.2) is 0 Å². The number of aliphatic hydroxyl groups is 1. The van der Waals surface area contributed by atoms with Gasteiger partial charge in [-0.2, -0.15) is 0 Å². The van der Waals surface area contributed by atoms with Crippen molar-refractivity contribution in [1.82, 2.24) is 4.90 Å². The van der Waals surface area contributed by atoms with E-state index in [0.717, 1.165) is 13.0 Å². The Kier molecular flexibility index (Phi) is 6.45. The van der Waals surface area contributed by atoms with E-state index in [4.69, 9.17) is 5.73 Å². The summed E-state index contributed by atoms with van der Waals surface area (Å²) in [5.41, 5.74) is 6.30. The van der Waals surface area contributed by atoms with Crippen molar-refractivity contribution in [2.75, 3.05) is 13.2 Å². The van der Waals surface area contributed by atoms with Crippen molar-refractivity contribution in [2.24, 2.45) is 11.7 Å². The number of unbranched alkanes of at least 4 members (excludes halogenated alkanes) is 1. The summed E-state index contributed by atoms with van der Waals surface area (Å²) in [6, 6.07) is 0.832. The summed E-state index contributed by atoms with van der Waals surface area (Å²) in [6.07, 6.45) is 6.01. The van der Waals surface area contributed by atoms with Gasteiger partial charge in [0.25, 0.3) is 0 Å². The minimum Gasteiger partial charge on any atom is -0.395 e. The van der Waals surface area contributed by atoms with Crippen LogP contribution in [0, 0.1) is 5.92 Å². The molecular weight excluding hydrogens is 212 g/mol. The average molecular weight is 242 g/mol. The van der Waals surface area contributed by atoms with Crippen molar-refractivity contribution < 1.29 is 5.11 Å². The number of hydrogen-bond donors (Lipinski definition) is 2. The molecule has 0 aromatic rings. The molecule has 0 radical (unpaired) electrons. The van der Waals surface area contributed by atoms with Crippen molar-refractivity contribution in [3.8, 4) is 0 Å². The molecule has 0 amide bonds. The van der Waals surface area contributed by atoms with Crippen molar-refractivity contribution in [3.05, 3.63) is 0 Å². The molecule has 3 unspecified atom stereocenters. The second kappa shape index (κ2) is 7.34. The zero-order valence-corrected chi connectivity index (χ0v) is 11.7. The maximum atomic E-state index is 9.67. The van der Waals surface area contributed by atoms with E-state index in [2.05, 4.69) is 25.7 Å². The van der Waals surface area contributed by atoms with Gasteiger partial charge in [0.05, 0.1) is 6.61 Å². The predicted molar refractivity (Wildman–Crippen MR) is 72.9 cm³/mol. The van der Waals surface area contributed by atoms with Crippen LogP contribution in [-0.4, -0.2) is 41.3 Å². The van der Waals surface area contributed by atoms with Gasteiger partial charge >= 0.3 is 0 Å². The molecule has 0 aromatic carbocycles. The smallest absolute Gasteiger partial charge is 0.0602 e. The van der Waals surface area contributed by atoms with E-state index >= 15 is 0 Å². The molecule has 0 bridgehead atoms. The zero-order chi connectivity index (χ0) is 12.8. The van der Waals surface area contributed by atoms with Crippen LogP contribution < -0.4 is 5.73 Å². The highest BCUT2D eigenvalue weighted by atomic mass is 16.3. The quantitative estimate of drug-likeness (QED) is 0.650. The Hall–Kier alpha value is -0.120. The average Bonchev–Trinajstić information content (AvgIpc) is 3.17. The van der Waals surface area contributed by atoms with E-state index in [0.29, 0.717) is 12.0 Å². The summed E-state index contributed by atoms with van der Waals surface area (Å²) in [6.45, 7) is 7.94. The van der Waals surface area contributed by atoms with Gasteiger partial charge in [0.15, 0.2) is 0 Å². The van der Waals surface area contributed by atoms with Gasteiger partial charge in [-0.05, 0) is 45.1 Å². The summed E-state index contributed by atoms with van der Waals surface area (Å²) < 4.78 is 0. The lowest BCUT2D eigenvalue weighted by Gasteiger charge is -2.38. The van der Waals surface area contributed by atoms with Crippen LogP contribution >= 0.6 is 0 Å². The minimum atomic E-state index is 0.156. The lowest BCUT2D eigenvalue weighted by Crippen LogP contribution is -2.54. The number of aliphatic hydroxyl groups excluding tert-OH is 1. The van der Waals surface area contributed by atoms with E-state index in [1.807, 2.05) is 0 Å². The molecule has 3 atom stereocenters. The molecule has 17 heavy (non-hydrogen) atoms. The van der Waals surface area contributed by atoms with Gasteiger partial charge in [-0.25, -0.2) is 0 Å². The summed E-state index contributed by atoms with van der Waals surface area (Å²) in [5.74, 6) is 0.653. The lowest BCUT2D eigenvalue weighted by molar-refractivity contribution is 0.0647. The van der Waals surface area contributed by atoms with E-state index in [9.17, 15) is 5.11 Å². The van der Waals surface area contributed by atoms with Crippen LogP contribution in [0.3, 0.4) is 0 Å². The second-order valence-corrected chi connectivity index (χ2v) is 5.51. The highest BCUT2D eigenvalue weighted by Crippen LogP contribution is 2.34. The molecule has 0 spiro atoms. The van der Waals surface area contributed by atoms with E-state index in [1.54, 1.807) is 0 Å². The molecule has 1 saturated carbocycles. The van der Waals surface area contributed by atoms with Gasteiger partial charge < -0.3 is 10.8 Å². The second-order valence-electron chi connectivity index (χ2n) is 5.51. The predicted octanol–water partition coefficient (Wildman–Crippen LogP) is 1.99. The maximum Gasteiger partial charge on any atom is 0.0602 e. The molecule has 3 nitrogen and oxygen atoms in total. The van der Waals surface area contributed by atoms with E-state index < -0.39 is 0 Å². The van der Waals surface area contributed by atoms with Crippen molar-refractivity contribution in [1.29, 1.82) is 0 Å². The standard InChI is InChI=1S/C14H30N2O/c1-4-6-9-16(11(3)5-2)13(10-17)14(15)12-7-8-12/h11-14,17H,4-10,15H2,1-3H3. The topological polar surface area (TPSA) is 49.5 Å². The van der Waals surface area contributed by atoms with Crippen LogP contribution in [0.4, 0.5) is 0 Å². The van der Waals surface area contributed by atoms with Gasteiger partial charge in [0.2, 0.25) is 0 Å². The monoisotopic (exact) mass is 242 g/mol. The molecule has 0 saturated heterocycles. The van der Waals surface area contributed by atoms with E-state index in [-0.39, 0.29) is 18.7 Å². The van der Waals surface area contributed by atoms with Crippen LogP contribution in [-0.2, 0) is 0 Å². The Bertz CT molecular complexity index is 206. The highest BCUT2D eigenvalue weighted by Gasteiger charge is 2.37. The van der Waals surface area contributed by atoms with Crippen LogP contribution in [0.5, 0.6) is 0 Å². The van der Waals surface area contributed by atoms with Gasteiger partial charge in [-0.1, -0.05) is 20.3 Å². The van der Waals surface area contributed by atoms with Crippen LogP contribution in [0.1, 0.15) is 52.9 Å². The summed E-state index contributed by atoms with van der Waals surface area (Å²) in [7, 11) is 0. The normalized spacial score (nSPS) is 21.5.